The second-order valence-corrected chi connectivity index (χ2v) is 5.36. The molecule has 21 heavy (non-hydrogen) atoms. The molecular weight excluding hydrogens is 264 g/mol. The monoisotopic (exact) mass is 290 g/mol. The quantitative estimate of drug-likeness (QED) is 0.678. The molecule has 1 aromatic carbocycles. The molecule has 3 nitrogen and oxygen atoms in total. The highest BCUT2D eigenvalue weighted by atomic mass is 16.5. The van der Waals surface area contributed by atoms with Crippen LogP contribution in [0.4, 0.5) is 0 Å². The van der Waals surface area contributed by atoms with Gasteiger partial charge >= 0.3 is 5.97 Å². The number of carboxylic acid groups (broad SMARTS) is 1. The minimum Gasteiger partial charge on any atom is -0.497 e. The molecule has 1 aromatic rings. The zero-order chi connectivity index (χ0) is 15.7. The molecule has 0 heterocycles. The van der Waals surface area contributed by atoms with E-state index in [1.54, 1.807) is 13.2 Å². The van der Waals surface area contributed by atoms with Gasteiger partial charge < -0.3 is 9.84 Å². The Kier molecular flexibility index (Phi) is 7.59. The third-order valence-electron chi connectivity index (χ3n) is 3.81. The lowest BCUT2D eigenvalue weighted by molar-refractivity contribution is -0.131. The van der Waals surface area contributed by atoms with E-state index in [4.69, 9.17) is 9.84 Å². The first-order valence-corrected chi connectivity index (χ1v) is 7.68. The number of carboxylic acids is 1. The first kappa shape index (κ1) is 17.3. The molecule has 1 unspecified atom stereocenters. The van der Waals surface area contributed by atoms with Crippen molar-refractivity contribution in [2.45, 2.75) is 46.0 Å². The second kappa shape index (κ2) is 9.22. The summed E-state index contributed by atoms with van der Waals surface area (Å²) >= 11 is 0. The maximum absolute atomic E-state index is 10.7. The van der Waals surface area contributed by atoms with Crippen molar-refractivity contribution in [2.75, 3.05) is 7.11 Å². The minimum atomic E-state index is -0.921. The fraction of sp³-hybridized carbons (Fsp3) is 0.500. The summed E-state index contributed by atoms with van der Waals surface area (Å²) in [5, 5.41) is 8.80. The number of hydrogen-bond acceptors (Lipinski definition) is 2. The summed E-state index contributed by atoms with van der Waals surface area (Å²) in [7, 11) is 1.65. The first-order chi connectivity index (χ1) is 10.1. The Hall–Kier alpha value is -1.77. The Labute approximate surface area is 127 Å². The average Bonchev–Trinajstić information content (AvgIpc) is 2.49. The molecule has 0 amide bonds. The van der Waals surface area contributed by atoms with Gasteiger partial charge in [-0.05, 0) is 41.7 Å². The number of unbranched alkanes of at least 4 members (excludes halogenated alkanes) is 1. The number of rotatable bonds is 9. The molecule has 0 aliphatic carbocycles. The van der Waals surface area contributed by atoms with E-state index < -0.39 is 5.97 Å². The van der Waals surface area contributed by atoms with Gasteiger partial charge in [0.15, 0.2) is 0 Å². The third-order valence-corrected chi connectivity index (χ3v) is 3.81. The lowest BCUT2D eigenvalue weighted by Gasteiger charge is -2.17. The Morgan fingerprint density at radius 1 is 1.38 bits per heavy atom. The minimum absolute atomic E-state index is 0.633. The van der Waals surface area contributed by atoms with E-state index in [1.165, 1.54) is 25.3 Å². The molecule has 0 saturated carbocycles. The maximum atomic E-state index is 10.7. The molecule has 0 radical (unpaired) electrons. The van der Waals surface area contributed by atoms with Crippen LogP contribution in [0.2, 0.25) is 0 Å². The number of aliphatic carboxylic acids is 1. The fourth-order valence-electron chi connectivity index (χ4n) is 2.46. The maximum Gasteiger partial charge on any atom is 0.328 e. The Bertz CT molecular complexity index is 477. The molecule has 0 saturated heterocycles. The van der Waals surface area contributed by atoms with Gasteiger partial charge in [-0.1, -0.05) is 45.6 Å². The zero-order valence-corrected chi connectivity index (χ0v) is 13.3. The van der Waals surface area contributed by atoms with Gasteiger partial charge in [-0.3, -0.25) is 0 Å². The van der Waals surface area contributed by atoms with E-state index in [0.717, 1.165) is 29.7 Å². The summed E-state index contributed by atoms with van der Waals surface area (Å²) < 4.78 is 5.29. The van der Waals surface area contributed by atoms with E-state index in [1.807, 2.05) is 18.2 Å². The van der Waals surface area contributed by atoms with Crippen molar-refractivity contribution in [3.63, 3.8) is 0 Å². The molecule has 1 N–H and O–H groups in total. The average molecular weight is 290 g/mol. The van der Waals surface area contributed by atoms with Crippen LogP contribution in [0.1, 0.15) is 50.7 Å². The summed E-state index contributed by atoms with van der Waals surface area (Å²) in [5.41, 5.74) is 2.13. The second-order valence-electron chi connectivity index (χ2n) is 5.36. The van der Waals surface area contributed by atoms with Crippen LogP contribution in [0, 0.1) is 5.92 Å². The molecule has 3 heteroatoms. The summed E-state index contributed by atoms with van der Waals surface area (Å²) in [6.45, 7) is 4.42. The van der Waals surface area contributed by atoms with Crippen molar-refractivity contribution in [3.8, 4) is 5.75 Å². The predicted octanol–water partition coefficient (Wildman–Crippen LogP) is 4.55. The molecule has 0 fully saturated rings. The molecule has 0 aliphatic rings. The van der Waals surface area contributed by atoms with Gasteiger partial charge in [0.05, 0.1) is 7.11 Å². The van der Waals surface area contributed by atoms with Gasteiger partial charge in [-0.2, -0.15) is 0 Å². The van der Waals surface area contributed by atoms with E-state index in [9.17, 15) is 4.79 Å². The van der Waals surface area contributed by atoms with Gasteiger partial charge in [-0.25, -0.2) is 4.79 Å². The van der Waals surface area contributed by atoms with Gasteiger partial charge in [0.2, 0.25) is 0 Å². The standard InChI is InChI=1S/C18H26O3/c1-4-6-7-14(5-2)12-16-13-17(21-3)10-8-15(16)9-11-18(19)20/h8-11,13-14H,4-7,12H2,1-3H3,(H,19,20)/b11-9+. The normalized spacial score (nSPS) is 12.5. The van der Waals surface area contributed by atoms with Crippen LogP contribution in [-0.2, 0) is 11.2 Å². The lowest BCUT2D eigenvalue weighted by atomic mass is 9.89. The van der Waals surface area contributed by atoms with Gasteiger partial charge in [0.1, 0.15) is 5.75 Å². The summed E-state index contributed by atoms with van der Waals surface area (Å²) in [6, 6.07) is 5.83. The highest BCUT2D eigenvalue weighted by molar-refractivity contribution is 5.85. The molecule has 1 rings (SSSR count). The first-order valence-electron chi connectivity index (χ1n) is 7.68. The topological polar surface area (TPSA) is 46.5 Å². The molecule has 0 aromatic heterocycles. The van der Waals surface area contributed by atoms with Gasteiger partial charge in [-0.15, -0.1) is 0 Å². The molecule has 0 aliphatic heterocycles. The van der Waals surface area contributed by atoms with Crippen LogP contribution in [0.3, 0.4) is 0 Å². The van der Waals surface area contributed by atoms with Crippen molar-refractivity contribution < 1.29 is 14.6 Å². The number of carbonyl (C=O) groups is 1. The summed E-state index contributed by atoms with van der Waals surface area (Å²) in [5.74, 6) is 0.534. The molecule has 1 atom stereocenters. The van der Waals surface area contributed by atoms with Gasteiger partial charge in [0, 0.05) is 6.08 Å². The van der Waals surface area contributed by atoms with E-state index in [-0.39, 0.29) is 0 Å². The van der Waals surface area contributed by atoms with Crippen molar-refractivity contribution in [1.82, 2.24) is 0 Å². The largest absolute Gasteiger partial charge is 0.497 e. The SMILES string of the molecule is CCCCC(CC)Cc1cc(OC)ccc1/C=C/C(=O)O. The number of ether oxygens (including phenoxy) is 1. The smallest absolute Gasteiger partial charge is 0.328 e. The van der Waals surface area contributed by atoms with Crippen molar-refractivity contribution >= 4 is 12.0 Å². The summed E-state index contributed by atoms with van der Waals surface area (Å²) in [4.78, 5) is 10.7. The molecule has 0 bridgehead atoms. The predicted molar refractivity (Wildman–Crippen MR) is 86.7 cm³/mol. The van der Waals surface area contributed by atoms with E-state index >= 15 is 0 Å². The van der Waals surface area contributed by atoms with Crippen LogP contribution in [0.15, 0.2) is 24.3 Å². The number of benzene rings is 1. The van der Waals surface area contributed by atoms with E-state index in [2.05, 4.69) is 13.8 Å². The Morgan fingerprint density at radius 2 is 2.14 bits per heavy atom. The molecule has 116 valence electrons. The van der Waals surface area contributed by atoms with Crippen LogP contribution < -0.4 is 4.74 Å². The lowest BCUT2D eigenvalue weighted by Crippen LogP contribution is -2.05. The molecule has 0 spiro atoms. The molecular formula is C18H26O3. The fourth-order valence-corrected chi connectivity index (χ4v) is 2.46. The number of hydrogen-bond donors (Lipinski definition) is 1. The van der Waals surface area contributed by atoms with Crippen LogP contribution in [0.25, 0.3) is 6.08 Å². The van der Waals surface area contributed by atoms with E-state index in [0.29, 0.717) is 5.92 Å². The highest BCUT2D eigenvalue weighted by Crippen LogP contribution is 2.25. The number of methoxy groups -OCH3 is 1. The highest BCUT2D eigenvalue weighted by Gasteiger charge is 2.11. The van der Waals surface area contributed by atoms with Crippen molar-refractivity contribution in [1.29, 1.82) is 0 Å². The van der Waals surface area contributed by atoms with Gasteiger partial charge in [0.25, 0.3) is 0 Å². The Morgan fingerprint density at radius 3 is 2.71 bits per heavy atom. The third kappa shape index (κ3) is 6.03. The van der Waals surface area contributed by atoms with Crippen LogP contribution in [-0.4, -0.2) is 18.2 Å². The van der Waals surface area contributed by atoms with Crippen molar-refractivity contribution in [3.05, 3.63) is 35.4 Å². The van der Waals surface area contributed by atoms with Crippen LogP contribution in [0.5, 0.6) is 5.75 Å². The Balaban J connectivity index is 2.96. The zero-order valence-electron chi connectivity index (χ0n) is 13.3. The van der Waals surface area contributed by atoms with Crippen molar-refractivity contribution in [2.24, 2.45) is 5.92 Å². The summed E-state index contributed by atoms with van der Waals surface area (Å²) in [6.07, 6.45) is 8.63. The van der Waals surface area contributed by atoms with Crippen LogP contribution >= 0.6 is 0 Å².